The van der Waals surface area contributed by atoms with E-state index in [9.17, 15) is 14.0 Å². The van der Waals surface area contributed by atoms with Crippen LogP contribution in [0.1, 0.15) is 76.8 Å². The maximum atomic E-state index is 13.5. The topological polar surface area (TPSA) is 52.6 Å². The van der Waals surface area contributed by atoms with Crippen molar-refractivity contribution in [3.63, 3.8) is 0 Å². The third kappa shape index (κ3) is 6.28. The normalized spacial score (nSPS) is 18.5. The van der Waals surface area contributed by atoms with Gasteiger partial charge in [0.25, 0.3) is 0 Å². The predicted octanol–water partition coefficient (Wildman–Crippen LogP) is 6.24. The molecule has 5 heteroatoms. The van der Waals surface area contributed by atoms with E-state index in [1.54, 1.807) is 0 Å². The lowest BCUT2D eigenvalue weighted by molar-refractivity contribution is -0.132. The molecule has 0 heterocycles. The molecule has 0 bridgehead atoms. The second-order valence-corrected chi connectivity index (χ2v) is 8.13. The highest BCUT2D eigenvalue weighted by molar-refractivity contribution is 5.73. The molecule has 0 fully saturated rings. The number of alkyl halides is 1. The van der Waals surface area contributed by atoms with Crippen molar-refractivity contribution in [1.82, 2.24) is 0 Å². The summed E-state index contributed by atoms with van der Waals surface area (Å²) in [5.41, 5.74) is 3.21. The van der Waals surface area contributed by atoms with Crippen LogP contribution in [0.15, 0.2) is 35.9 Å². The minimum absolute atomic E-state index is 0.159. The van der Waals surface area contributed by atoms with Crippen LogP contribution in [-0.4, -0.2) is 18.6 Å². The van der Waals surface area contributed by atoms with Gasteiger partial charge in [-0.2, -0.15) is 0 Å². The van der Waals surface area contributed by atoms with Gasteiger partial charge in [-0.25, -0.2) is 4.39 Å². The Morgan fingerprint density at radius 1 is 1.13 bits per heavy atom. The average Bonchev–Trinajstić information content (AvgIpc) is 2.66. The third-order valence-corrected chi connectivity index (χ3v) is 5.52. The van der Waals surface area contributed by atoms with Crippen molar-refractivity contribution in [1.29, 1.82) is 0 Å². The number of unbranched alkanes of at least 4 members (excludes halogenated alkanes) is 2. The standard InChI is InChI=1S/C25H33FO4/c1-6-7-8-9-20-13-23(29-18(4)27)25(24(14-20)30-19(5)28)22-12-16(2)10-11-21(22)17(3)15-26/h12-14,21-22H,3,6-11,15H2,1-2,4-5H3/t21-,22?/m0/s1. The van der Waals surface area contributed by atoms with Gasteiger partial charge in [-0.1, -0.05) is 38.0 Å². The van der Waals surface area contributed by atoms with Crippen LogP contribution in [0.2, 0.25) is 0 Å². The summed E-state index contributed by atoms with van der Waals surface area (Å²) in [5, 5.41) is 0. The average molecular weight is 417 g/mol. The summed E-state index contributed by atoms with van der Waals surface area (Å²) in [5.74, 6) is -0.592. The largest absolute Gasteiger partial charge is 0.426 e. The van der Waals surface area contributed by atoms with E-state index >= 15 is 0 Å². The molecule has 0 saturated heterocycles. The second-order valence-electron chi connectivity index (χ2n) is 8.13. The molecule has 164 valence electrons. The lowest BCUT2D eigenvalue weighted by Crippen LogP contribution is -2.21. The molecule has 0 radical (unpaired) electrons. The van der Waals surface area contributed by atoms with Gasteiger partial charge >= 0.3 is 11.9 Å². The smallest absolute Gasteiger partial charge is 0.308 e. The molecule has 1 aliphatic carbocycles. The molecular formula is C25H33FO4. The Kier molecular flexibility index (Phi) is 8.82. The third-order valence-electron chi connectivity index (χ3n) is 5.52. The molecule has 1 unspecified atom stereocenters. The van der Waals surface area contributed by atoms with Gasteiger partial charge in [0.05, 0.1) is 0 Å². The van der Waals surface area contributed by atoms with Crippen molar-refractivity contribution < 1.29 is 23.5 Å². The number of benzene rings is 1. The van der Waals surface area contributed by atoms with E-state index in [0.29, 0.717) is 22.6 Å². The molecule has 30 heavy (non-hydrogen) atoms. The van der Waals surface area contributed by atoms with Crippen LogP contribution < -0.4 is 9.47 Å². The molecule has 0 saturated carbocycles. The van der Waals surface area contributed by atoms with Crippen molar-refractivity contribution >= 4 is 11.9 Å². The zero-order chi connectivity index (χ0) is 22.3. The van der Waals surface area contributed by atoms with Crippen LogP contribution in [0.25, 0.3) is 0 Å². The first-order valence-corrected chi connectivity index (χ1v) is 10.7. The van der Waals surface area contributed by atoms with Crippen molar-refractivity contribution in [2.75, 3.05) is 6.67 Å². The molecule has 2 rings (SSSR count). The van der Waals surface area contributed by atoms with E-state index in [1.165, 1.54) is 13.8 Å². The summed E-state index contributed by atoms with van der Waals surface area (Å²) >= 11 is 0. The zero-order valence-corrected chi connectivity index (χ0v) is 18.6. The Bertz CT molecular complexity index is 787. The highest BCUT2D eigenvalue weighted by Gasteiger charge is 2.33. The number of aryl methyl sites for hydroxylation is 1. The number of ether oxygens (including phenoxy) is 2. The number of hydrogen-bond acceptors (Lipinski definition) is 4. The second kappa shape index (κ2) is 11.1. The van der Waals surface area contributed by atoms with Crippen LogP contribution in [0.4, 0.5) is 4.39 Å². The Balaban J connectivity index is 2.65. The quantitative estimate of drug-likeness (QED) is 0.207. The van der Waals surface area contributed by atoms with Crippen molar-refractivity contribution in [3.8, 4) is 11.5 Å². The first kappa shape index (κ1) is 23.8. The zero-order valence-electron chi connectivity index (χ0n) is 18.6. The SMILES string of the molecule is C=C(CF)[C@@H]1CCC(C)=CC1c1c(OC(C)=O)cc(CCCCC)cc1OC(C)=O. The van der Waals surface area contributed by atoms with Gasteiger partial charge in [0.1, 0.15) is 18.2 Å². The van der Waals surface area contributed by atoms with E-state index in [2.05, 4.69) is 19.6 Å². The van der Waals surface area contributed by atoms with Gasteiger partial charge in [-0.05, 0) is 61.8 Å². The molecule has 0 aliphatic heterocycles. The Hall–Kier alpha value is -2.43. The highest BCUT2D eigenvalue weighted by atomic mass is 19.1. The fraction of sp³-hybridized carbons (Fsp3) is 0.520. The van der Waals surface area contributed by atoms with Gasteiger partial charge in [0.15, 0.2) is 0 Å². The first-order valence-electron chi connectivity index (χ1n) is 10.7. The van der Waals surface area contributed by atoms with Crippen molar-refractivity contribution in [2.45, 2.75) is 72.1 Å². The highest BCUT2D eigenvalue weighted by Crippen LogP contribution is 2.47. The number of rotatable bonds is 9. The Morgan fingerprint density at radius 3 is 2.23 bits per heavy atom. The van der Waals surface area contributed by atoms with Crippen LogP contribution in [-0.2, 0) is 16.0 Å². The predicted molar refractivity (Wildman–Crippen MR) is 117 cm³/mol. The van der Waals surface area contributed by atoms with Crippen molar-refractivity contribution in [3.05, 3.63) is 47.1 Å². The van der Waals surface area contributed by atoms with Crippen LogP contribution >= 0.6 is 0 Å². The molecule has 0 spiro atoms. The van der Waals surface area contributed by atoms with E-state index in [4.69, 9.17) is 9.47 Å². The van der Waals surface area contributed by atoms with Crippen LogP contribution in [0.5, 0.6) is 11.5 Å². The summed E-state index contributed by atoms with van der Waals surface area (Å²) in [4.78, 5) is 23.7. The van der Waals surface area contributed by atoms with Crippen molar-refractivity contribution in [2.24, 2.45) is 5.92 Å². The van der Waals surface area contributed by atoms with Gasteiger partial charge in [-0.3, -0.25) is 9.59 Å². The summed E-state index contributed by atoms with van der Waals surface area (Å²) in [6.07, 6.45) is 7.59. The van der Waals surface area contributed by atoms with Gasteiger partial charge < -0.3 is 9.47 Å². The first-order chi connectivity index (χ1) is 14.3. The maximum absolute atomic E-state index is 13.5. The molecular weight excluding hydrogens is 383 g/mol. The monoisotopic (exact) mass is 416 g/mol. The van der Waals surface area contributed by atoms with E-state index in [0.717, 1.165) is 49.7 Å². The molecule has 1 aromatic rings. The van der Waals surface area contributed by atoms with Gasteiger partial charge in [0, 0.05) is 25.3 Å². The maximum Gasteiger partial charge on any atom is 0.308 e. The van der Waals surface area contributed by atoms with E-state index in [-0.39, 0.29) is 11.8 Å². The molecule has 1 aliphatic rings. The molecule has 0 aromatic heterocycles. The van der Waals surface area contributed by atoms with Crippen LogP contribution in [0, 0.1) is 5.92 Å². The lowest BCUT2D eigenvalue weighted by atomic mass is 9.73. The molecule has 1 aromatic carbocycles. The number of carbonyl (C=O) groups excluding carboxylic acids is 2. The van der Waals surface area contributed by atoms with E-state index < -0.39 is 18.6 Å². The van der Waals surface area contributed by atoms with E-state index in [1.807, 2.05) is 19.1 Å². The summed E-state index contributed by atoms with van der Waals surface area (Å²) < 4.78 is 24.7. The fourth-order valence-corrected chi connectivity index (χ4v) is 4.10. The number of hydrogen-bond donors (Lipinski definition) is 0. The Labute approximate surface area is 179 Å². The number of halogens is 1. The lowest BCUT2D eigenvalue weighted by Gasteiger charge is -2.32. The number of allylic oxidation sites excluding steroid dienone is 3. The fourth-order valence-electron chi connectivity index (χ4n) is 4.10. The summed E-state index contributed by atoms with van der Waals surface area (Å²) in [6, 6.07) is 3.71. The minimum atomic E-state index is -0.616. The summed E-state index contributed by atoms with van der Waals surface area (Å²) in [6.45, 7) is 10.2. The summed E-state index contributed by atoms with van der Waals surface area (Å²) in [7, 11) is 0. The van der Waals surface area contributed by atoms with Gasteiger partial charge in [0.2, 0.25) is 0 Å². The minimum Gasteiger partial charge on any atom is -0.426 e. The van der Waals surface area contributed by atoms with Gasteiger partial charge in [-0.15, -0.1) is 0 Å². The van der Waals surface area contributed by atoms with Crippen LogP contribution in [0.3, 0.4) is 0 Å². The number of esters is 2. The number of carbonyl (C=O) groups is 2. The molecule has 0 amide bonds. The molecule has 4 nitrogen and oxygen atoms in total. The molecule has 2 atom stereocenters. The molecule has 0 N–H and O–H groups in total. The Morgan fingerprint density at radius 2 is 1.73 bits per heavy atom.